The summed E-state index contributed by atoms with van der Waals surface area (Å²) in [5, 5.41) is 0.827. The topological polar surface area (TPSA) is 47.8 Å². The Morgan fingerprint density at radius 2 is 2.21 bits per heavy atom. The molecule has 2 heterocycles. The minimum absolute atomic E-state index is 0. The van der Waals surface area contributed by atoms with Gasteiger partial charge in [-0.05, 0) is 13.1 Å². The largest absolute Gasteiger partial charge is 0.327 e. The van der Waals surface area contributed by atoms with Crippen LogP contribution in [0.15, 0.2) is 17.1 Å². The third-order valence-electron chi connectivity index (χ3n) is 1.89. The van der Waals surface area contributed by atoms with Crippen molar-refractivity contribution in [1.29, 1.82) is 0 Å². The second-order valence-electron chi connectivity index (χ2n) is 2.85. The second kappa shape index (κ2) is 4.28. The van der Waals surface area contributed by atoms with E-state index in [0.29, 0.717) is 11.5 Å². The number of fused-ring (bicyclic) bond motifs is 1. The molecule has 0 saturated carbocycles. The number of aryl methyl sites for hydroxylation is 2. The molecule has 0 N–H and O–H groups in total. The van der Waals surface area contributed by atoms with Gasteiger partial charge >= 0.3 is 0 Å². The van der Waals surface area contributed by atoms with Gasteiger partial charge in [-0.15, -0.1) is 5.39 Å². The fraction of sp³-hybridized carbons (Fsp3) is 0.222. The van der Waals surface area contributed by atoms with Crippen LogP contribution in [-0.4, -0.2) is 14.5 Å². The summed E-state index contributed by atoms with van der Waals surface area (Å²) in [5.41, 5.74) is 0.474. The summed E-state index contributed by atoms with van der Waals surface area (Å²) in [7, 11) is 1.67. The molecule has 0 aliphatic rings. The van der Waals surface area contributed by atoms with Crippen molar-refractivity contribution in [2.45, 2.75) is 6.92 Å². The van der Waals surface area contributed by atoms with Crippen LogP contribution in [0.1, 0.15) is 5.82 Å². The van der Waals surface area contributed by atoms with Crippen LogP contribution >= 0.6 is 0 Å². The fourth-order valence-electron chi connectivity index (χ4n) is 1.17. The van der Waals surface area contributed by atoms with Crippen molar-refractivity contribution in [3.05, 3.63) is 34.5 Å². The van der Waals surface area contributed by atoms with Crippen molar-refractivity contribution < 1.29 is 32.7 Å². The van der Waals surface area contributed by atoms with Crippen molar-refractivity contribution in [3.8, 4) is 0 Å². The number of pyridine rings is 1. The molecule has 0 spiro atoms. The Morgan fingerprint density at radius 1 is 1.50 bits per heavy atom. The number of hydrogen-bond acceptors (Lipinski definition) is 3. The molecule has 0 unspecified atom stereocenters. The normalized spacial score (nSPS) is 9.86. The van der Waals surface area contributed by atoms with Gasteiger partial charge in [0.15, 0.2) is 5.56 Å². The maximum atomic E-state index is 11.2. The molecule has 0 aliphatic carbocycles. The number of nitrogens with zero attached hydrogens (tertiary/aromatic N) is 3. The summed E-state index contributed by atoms with van der Waals surface area (Å²) in [5.74, 6) is 0.661. The zero-order chi connectivity index (χ0) is 9.42. The van der Waals surface area contributed by atoms with Crippen molar-refractivity contribution in [1.82, 2.24) is 14.5 Å². The van der Waals surface area contributed by atoms with E-state index >= 15 is 0 Å². The maximum Gasteiger partial charge on any atom is 0.159 e. The van der Waals surface area contributed by atoms with Crippen molar-refractivity contribution in [3.63, 3.8) is 0 Å². The smallest absolute Gasteiger partial charge is 0.159 e. The Morgan fingerprint density at radius 3 is 2.93 bits per heavy atom. The molecule has 2 rings (SSSR count). The van der Waals surface area contributed by atoms with Crippen LogP contribution in [0.25, 0.3) is 11.0 Å². The van der Waals surface area contributed by atoms with Gasteiger partial charge in [0.25, 0.3) is 0 Å². The third kappa shape index (κ3) is 1.91. The van der Waals surface area contributed by atoms with E-state index in [0.717, 1.165) is 5.39 Å². The molecule has 0 fully saturated rings. The monoisotopic (exact) mass is 263 g/mol. The van der Waals surface area contributed by atoms with Crippen LogP contribution in [0.2, 0.25) is 0 Å². The first-order valence-electron chi connectivity index (χ1n) is 3.89. The molecule has 14 heavy (non-hydrogen) atoms. The summed E-state index contributed by atoms with van der Waals surface area (Å²) >= 11 is 0. The standard InChI is InChI=1S/C9H8N3O.Y/c1-6-10-5-7-3-4-8(13)12(2)9(7)11-6;/h3,5H,1-2H3;/q-1;. The van der Waals surface area contributed by atoms with Crippen LogP contribution in [-0.2, 0) is 39.8 Å². The van der Waals surface area contributed by atoms with Gasteiger partial charge < -0.3 is 4.57 Å². The minimum atomic E-state index is -0.175. The summed E-state index contributed by atoms with van der Waals surface area (Å²) < 4.78 is 1.46. The zero-order valence-corrected chi connectivity index (χ0v) is 10.8. The van der Waals surface area contributed by atoms with E-state index in [2.05, 4.69) is 16.0 Å². The molecule has 0 atom stereocenters. The van der Waals surface area contributed by atoms with Crippen molar-refractivity contribution >= 4 is 11.0 Å². The number of aromatic nitrogens is 3. The van der Waals surface area contributed by atoms with E-state index in [1.54, 1.807) is 26.2 Å². The first-order chi connectivity index (χ1) is 6.18. The molecule has 0 aliphatic heterocycles. The van der Waals surface area contributed by atoms with E-state index < -0.39 is 0 Å². The molecule has 0 bridgehead atoms. The second-order valence-corrected chi connectivity index (χ2v) is 2.85. The number of hydrogen-bond donors (Lipinski definition) is 0. The molecule has 1 radical (unpaired) electrons. The molecule has 2 aromatic rings. The average Bonchev–Trinajstić information content (AvgIpc) is 2.12. The van der Waals surface area contributed by atoms with Gasteiger partial charge in [-0.25, -0.2) is 11.1 Å². The Balaban J connectivity index is 0.000000980. The predicted octanol–water partition coefficient (Wildman–Crippen LogP) is 0.435. The predicted molar refractivity (Wildman–Crippen MR) is 48.4 cm³/mol. The molecule has 69 valence electrons. The van der Waals surface area contributed by atoms with Gasteiger partial charge in [0.05, 0.1) is 5.65 Å². The molecule has 0 saturated heterocycles. The summed E-state index contributed by atoms with van der Waals surface area (Å²) in [6, 6.07) is 4.20. The Bertz CT molecular complexity index is 521. The SMILES string of the molecule is Cc1ncc2c[c-]c(=O)n(C)c2n1.[Y]. The van der Waals surface area contributed by atoms with Gasteiger partial charge in [-0.3, -0.25) is 9.78 Å². The van der Waals surface area contributed by atoms with Gasteiger partial charge in [0.1, 0.15) is 5.82 Å². The van der Waals surface area contributed by atoms with Gasteiger partial charge in [-0.2, -0.15) is 6.07 Å². The molecule has 0 aromatic carbocycles. The van der Waals surface area contributed by atoms with Crippen LogP contribution in [0.5, 0.6) is 0 Å². The first kappa shape index (κ1) is 11.5. The zero-order valence-electron chi connectivity index (χ0n) is 7.98. The molecule has 4 nitrogen and oxygen atoms in total. The van der Waals surface area contributed by atoms with Gasteiger partial charge in [0, 0.05) is 39.8 Å². The van der Waals surface area contributed by atoms with Crippen LogP contribution < -0.4 is 5.56 Å². The molecular weight excluding hydrogens is 255 g/mol. The Hall–Kier alpha value is -0.606. The van der Waals surface area contributed by atoms with E-state index in [1.807, 2.05) is 0 Å². The van der Waals surface area contributed by atoms with E-state index in [4.69, 9.17) is 0 Å². The quantitative estimate of drug-likeness (QED) is 0.648. The van der Waals surface area contributed by atoms with Crippen molar-refractivity contribution in [2.75, 3.05) is 0 Å². The summed E-state index contributed by atoms with van der Waals surface area (Å²) in [6.07, 6.45) is 1.69. The third-order valence-corrected chi connectivity index (χ3v) is 1.89. The molecule has 2 aromatic heterocycles. The maximum absolute atomic E-state index is 11.2. The van der Waals surface area contributed by atoms with Gasteiger partial charge in [-0.1, -0.05) is 0 Å². The minimum Gasteiger partial charge on any atom is -0.327 e. The van der Waals surface area contributed by atoms with Crippen molar-refractivity contribution in [2.24, 2.45) is 7.05 Å². The van der Waals surface area contributed by atoms with E-state index in [-0.39, 0.29) is 38.3 Å². The molecular formula is C9H8N3OY-. The first-order valence-corrected chi connectivity index (χ1v) is 3.89. The summed E-state index contributed by atoms with van der Waals surface area (Å²) in [6.45, 7) is 1.79. The number of rotatable bonds is 0. The van der Waals surface area contributed by atoms with Gasteiger partial charge in [0.2, 0.25) is 0 Å². The molecule has 0 amide bonds. The van der Waals surface area contributed by atoms with Crippen LogP contribution in [0, 0.1) is 13.0 Å². The van der Waals surface area contributed by atoms with E-state index in [9.17, 15) is 4.79 Å². The van der Waals surface area contributed by atoms with Crippen LogP contribution in [0.4, 0.5) is 0 Å². The fourth-order valence-corrected chi connectivity index (χ4v) is 1.17. The van der Waals surface area contributed by atoms with Crippen LogP contribution in [0.3, 0.4) is 0 Å². The summed E-state index contributed by atoms with van der Waals surface area (Å²) in [4.78, 5) is 19.4. The molecule has 5 heteroatoms. The Kier molecular flexibility index (Phi) is 3.50. The Labute approximate surface area is 106 Å². The van der Waals surface area contributed by atoms with E-state index in [1.165, 1.54) is 4.57 Å². The average molecular weight is 263 g/mol.